The van der Waals surface area contributed by atoms with E-state index >= 15 is 0 Å². The maximum atomic E-state index is 5.37. The SMILES string of the molecule is COc1ccnc(CNCCN2CCSCC2)c1OC. The molecule has 1 aromatic heterocycles. The summed E-state index contributed by atoms with van der Waals surface area (Å²) in [6.07, 6.45) is 1.75. The summed E-state index contributed by atoms with van der Waals surface area (Å²) in [6, 6.07) is 1.81. The van der Waals surface area contributed by atoms with Gasteiger partial charge in [0.1, 0.15) is 0 Å². The Bertz CT molecular complexity index is 411. The predicted octanol–water partition coefficient (Wildman–Crippen LogP) is 1.24. The molecule has 0 saturated carbocycles. The Balaban J connectivity index is 1.78. The molecule has 0 radical (unpaired) electrons. The molecule has 1 aliphatic rings. The van der Waals surface area contributed by atoms with Gasteiger partial charge in [0, 0.05) is 56.5 Å². The van der Waals surface area contributed by atoms with Crippen molar-refractivity contribution in [3.8, 4) is 11.5 Å². The zero-order valence-electron chi connectivity index (χ0n) is 12.2. The molecule has 0 aromatic carbocycles. The second-order valence-corrected chi connectivity index (χ2v) is 5.85. The Morgan fingerprint density at radius 2 is 2.10 bits per heavy atom. The number of aromatic nitrogens is 1. The molecule has 2 rings (SSSR count). The van der Waals surface area contributed by atoms with E-state index in [2.05, 4.69) is 15.2 Å². The van der Waals surface area contributed by atoms with Gasteiger partial charge in [0.05, 0.1) is 19.9 Å². The number of methoxy groups -OCH3 is 2. The second kappa shape index (κ2) is 8.34. The van der Waals surface area contributed by atoms with E-state index in [0.717, 1.165) is 30.3 Å². The molecule has 1 aliphatic heterocycles. The Hall–Kier alpha value is -0.980. The Labute approximate surface area is 125 Å². The van der Waals surface area contributed by atoms with Crippen LogP contribution in [-0.2, 0) is 6.54 Å². The van der Waals surface area contributed by atoms with Gasteiger partial charge in [-0.15, -0.1) is 0 Å². The first kappa shape index (κ1) is 15.4. The van der Waals surface area contributed by atoms with Crippen LogP contribution in [0.5, 0.6) is 11.5 Å². The normalized spacial score (nSPS) is 16.1. The first-order valence-corrected chi connectivity index (χ1v) is 8.07. The third kappa shape index (κ3) is 4.26. The van der Waals surface area contributed by atoms with E-state index in [0.29, 0.717) is 6.54 Å². The summed E-state index contributed by atoms with van der Waals surface area (Å²) in [6.45, 7) is 5.16. The third-order valence-electron chi connectivity index (χ3n) is 3.37. The van der Waals surface area contributed by atoms with E-state index in [4.69, 9.17) is 9.47 Å². The number of thioether (sulfide) groups is 1. The zero-order valence-corrected chi connectivity index (χ0v) is 13.0. The van der Waals surface area contributed by atoms with Gasteiger partial charge in [-0.05, 0) is 0 Å². The molecule has 0 bridgehead atoms. The van der Waals surface area contributed by atoms with Gasteiger partial charge in [-0.2, -0.15) is 11.8 Å². The van der Waals surface area contributed by atoms with E-state index in [1.807, 2.05) is 17.8 Å². The number of rotatable bonds is 7. The Morgan fingerprint density at radius 3 is 2.80 bits per heavy atom. The minimum atomic E-state index is 0.697. The van der Waals surface area contributed by atoms with Crippen molar-refractivity contribution in [2.75, 3.05) is 51.9 Å². The van der Waals surface area contributed by atoms with Crippen LogP contribution in [0.2, 0.25) is 0 Å². The molecule has 1 saturated heterocycles. The first-order chi connectivity index (χ1) is 9.85. The lowest BCUT2D eigenvalue weighted by Gasteiger charge is -2.26. The quantitative estimate of drug-likeness (QED) is 0.764. The fourth-order valence-corrected chi connectivity index (χ4v) is 3.22. The molecule has 0 aliphatic carbocycles. The Kier molecular flexibility index (Phi) is 6.42. The van der Waals surface area contributed by atoms with Crippen molar-refractivity contribution in [1.29, 1.82) is 0 Å². The summed E-state index contributed by atoms with van der Waals surface area (Å²) in [5, 5.41) is 3.43. The lowest BCUT2D eigenvalue weighted by atomic mass is 10.3. The van der Waals surface area contributed by atoms with Gasteiger partial charge in [0.25, 0.3) is 0 Å². The molecule has 1 fully saturated rings. The number of nitrogens with zero attached hydrogens (tertiary/aromatic N) is 2. The third-order valence-corrected chi connectivity index (χ3v) is 4.31. The summed E-state index contributed by atoms with van der Waals surface area (Å²) in [5.74, 6) is 3.96. The smallest absolute Gasteiger partial charge is 0.183 e. The van der Waals surface area contributed by atoms with Crippen molar-refractivity contribution in [3.05, 3.63) is 18.0 Å². The number of nitrogens with one attached hydrogen (secondary N) is 1. The summed E-state index contributed by atoms with van der Waals surface area (Å²) in [5.41, 5.74) is 0.890. The van der Waals surface area contributed by atoms with Gasteiger partial charge in [0.15, 0.2) is 11.5 Å². The van der Waals surface area contributed by atoms with Crippen LogP contribution in [0.4, 0.5) is 0 Å². The van der Waals surface area contributed by atoms with E-state index in [-0.39, 0.29) is 0 Å². The first-order valence-electron chi connectivity index (χ1n) is 6.92. The van der Waals surface area contributed by atoms with Crippen molar-refractivity contribution in [2.24, 2.45) is 0 Å². The van der Waals surface area contributed by atoms with Crippen LogP contribution < -0.4 is 14.8 Å². The molecule has 20 heavy (non-hydrogen) atoms. The average Bonchev–Trinajstić information content (AvgIpc) is 2.52. The van der Waals surface area contributed by atoms with Crippen LogP contribution in [0.3, 0.4) is 0 Å². The topological polar surface area (TPSA) is 46.6 Å². The van der Waals surface area contributed by atoms with Crippen LogP contribution in [0.15, 0.2) is 12.3 Å². The summed E-state index contributed by atoms with van der Waals surface area (Å²) in [7, 11) is 3.29. The maximum Gasteiger partial charge on any atom is 0.183 e. The van der Waals surface area contributed by atoms with Crippen LogP contribution in [0.1, 0.15) is 5.69 Å². The van der Waals surface area contributed by atoms with E-state index in [1.165, 1.54) is 24.6 Å². The predicted molar refractivity (Wildman–Crippen MR) is 82.8 cm³/mol. The molecule has 112 valence electrons. The van der Waals surface area contributed by atoms with Gasteiger partial charge in [-0.3, -0.25) is 4.98 Å². The molecular formula is C14H23N3O2S. The zero-order chi connectivity index (χ0) is 14.2. The lowest BCUT2D eigenvalue weighted by molar-refractivity contribution is 0.300. The highest BCUT2D eigenvalue weighted by molar-refractivity contribution is 7.99. The van der Waals surface area contributed by atoms with Crippen LogP contribution in [0, 0.1) is 0 Å². The van der Waals surface area contributed by atoms with Crippen LogP contribution >= 0.6 is 11.8 Å². The van der Waals surface area contributed by atoms with Crippen molar-refractivity contribution < 1.29 is 9.47 Å². The van der Waals surface area contributed by atoms with E-state index in [1.54, 1.807) is 20.4 Å². The molecule has 1 aromatic rings. The van der Waals surface area contributed by atoms with Crippen molar-refractivity contribution in [3.63, 3.8) is 0 Å². The number of hydrogen-bond donors (Lipinski definition) is 1. The molecule has 0 spiro atoms. The van der Waals surface area contributed by atoms with Gasteiger partial charge in [0.2, 0.25) is 0 Å². The Morgan fingerprint density at radius 1 is 1.30 bits per heavy atom. The van der Waals surface area contributed by atoms with Gasteiger partial charge < -0.3 is 19.7 Å². The highest BCUT2D eigenvalue weighted by atomic mass is 32.2. The minimum absolute atomic E-state index is 0.697. The van der Waals surface area contributed by atoms with Crippen LogP contribution in [-0.4, -0.2) is 61.8 Å². The van der Waals surface area contributed by atoms with Gasteiger partial charge >= 0.3 is 0 Å². The van der Waals surface area contributed by atoms with Gasteiger partial charge in [-0.1, -0.05) is 0 Å². The summed E-state index contributed by atoms with van der Waals surface area (Å²) in [4.78, 5) is 6.86. The lowest BCUT2D eigenvalue weighted by Crippen LogP contribution is -2.37. The largest absolute Gasteiger partial charge is 0.493 e. The summed E-state index contributed by atoms with van der Waals surface area (Å²) < 4.78 is 10.6. The van der Waals surface area contributed by atoms with Crippen molar-refractivity contribution in [1.82, 2.24) is 15.2 Å². The highest BCUT2D eigenvalue weighted by Gasteiger charge is 2.12. The molecular weight excluding hydrogens is 274 g/mol. The van der Waals surface area contributed by atoms with E-state index < -0.39 is 0 Å². The standard InChI is InChI=1S/C14H23N3O2S/c1-18-13-3-4-16-12(14(13)19-2)11-15-5-6-17-7-9-20-10-8-17/h3-4,15H,5-11H2,1-2H3. The fraction of sp³-hybridized carbons (Fsp3) is 0.643. The van der Waals surface area contributed by atoms with Crippen molar-refractivity contribution >= 4 is 11.8 Å². The highest BCUT2D eigenvalue weighted by Crippen LogP contribution is 2.28. The monoisotopic (exact) mass is 297 g/mol. The molecule has 5 nitrogen and oxygen atoms in total. The minimum Gasteiger partial charge on any atom is -0.493 e. The van der Waals surface area contributed by atoms with Crippen LogP contribution in [0.25, 0.3) is 0 Å². The maximum absolute atomic E-state index is 5.37. The molecule has 0 unspecified atom stereocenters. The van der Waals surface area contributed by atoms with Crippen molar-refractivity contribution in [2.45, 2.75) is 6.54 Å². The fourth-order valence-electron chi connectivity index (χ4n) is 2.25. The molecule has 1 N–H and O–H groups in total. The molecule has 0 atom stereocenters. The number of ether oxygens (including phenoxy) is 2. The molecule has 0 amide bonds. The van der Waals surface area contributed by atoms with E-state index in [9.17, 15) is 0 Å². The average molecular weight is 297 g/mol. The van der Waals surface area contributed by atoms with Gasteiger partial charge in [-0.25, -0.2) is 0 Å². The number of hydrogen-bond acceptors (Lipinski definition) is 6. The second-order valence-electron chi connectivity index (χ2n) is 4.62. The summed E-state index contributed by atoms with van der Waals surface area (Å²) >= 11 is 2.04. The molecule has 6 heteroatoms. The number of pyridine rings is 1. The molecule has 2 heterocycles.